The largest absolute Gasteiger partial charge is 0.493 e. The fourth-order valence-electron chi connectivity index (χ4n) is 2.89. The second-order valence-corrected chi connectivity index (χ2v) is 8.38. The first-order chi connectivity index (χ1) is 14.0. The third kappa shape index (κ3) is 4.98. The van der Waals surface area contributed by atoms with Crippen LogP contribution in [0.25, 0.3) is 0 Å². The van der Waals surface area contributed by atoms with Crippen LogP contribution in [0, 0.1) is 17.0 Å². The van der Waals surface area contributed by atoms with Crippen molar-refractivity contribution >= 4 is 33.0 Å². The number of rotatable bonds is 8. The molecule has 11 heteroatoms. The third-order valence-electron chi connectivity index (χ3n) is 4.38. The van der Waals surface area contributed by atoms with Crippen LogP contribution in [0.1, 0.15) is 12.5 Å². The number of hydrogen-bond acceptors (Lipinski definition) is 7. The highest BCUT2D eigenvalue weighted by Crippen LogP contribution is 2.31. The smallest absolute Gasteiger partial charge is 0.271 e. The Hall–Kier alpha value is -3.34. The lowest BCUT2D eigenvalue weighted by Crippen LogP contribution is -2.45. The van der Waals surface area contributed by atoms with Crippen molar-refractivity contribution in [2.45, 2.75) is 19.9 Å². The molecule has 10 nitrogen and oxygen atoms in total. The summed E-state index contributed by atoms with van der Waals surface area (Å²) >= 11 is 0. The Morgan fingerprint density at radius 2 is 1.77 bits per heavy atom. The van der Waals surface area contributed by atoms with Crippen LogP contribution in [-0.4, -0.2) is 45.8 Å². The molecule has 0 aromatic heterocycles. The van der Waals surface area contributed by atoms with Gasteiger partial charge in [0.15, 0.2) is 11.5 Å². The van der Waals surface area contributed by atoms with Gasteiger partial charge in [-0.15, -0.1) is 0 Å². The third-order valence-corrected chi connectivity index (χ3v) is 5.61. The molecule has 1 amide bonds. The molecule has 30 heavy (non-hydrogen) atoms. The summed E-state index contributed by atoms with van der Waals surface area (Å²) in [6, 6.07) is 7.36. The van der Waals surface area contributed by atoms with Gasteiger partial charge >= 0.3 is 0 Å². The predicted octanol–water partition coefficient (Wildman–Crippen LogP) is 2.71. The molecule has 0 heterocycles. The van der Waals surface area contributed by atoms with Gasteiger partial charge in [-0.05, 0) is 31.5 Å². The number of nitro groups is 1. The molecule has 1 N–H and O–H groups in total. The van der Waals surface area contributed by atoms with Crippen molar-refractivity contribution < 1.29 is 27.6 Å². The molecule has 0 aliphatic carbocycles. The quantitative estimate of drug-likeness (QED) is 0.497. The number of nitro benzene ring substituents is 1. The zero-order valence-corrected chi connectivity index (χ0v) is 18.0. The van der Waals surface area contributed by atoms with Crippen LogP contribution in [-0.2, 0) is 14.8 Å². The van der Waals surface area contributed by atoms with Crippen LogP contribution in [0.3, 0.4) is 0 Å². The highest BCUT2D eigenvalue weighted by molar-refractivity contribution is 7.92. The van der Waals surface area contributed by atoms with Crippen molar-refractivity contribution in [1.82, 2.24) is 0 Å². The lowest BCUT2D eigenvalue weighted by Gasteiger charge is -2.29. The molecule has 1 atom stereocenters. The number of nitrogens with one attached hydrogen (secondary N) is 1. The second-order valence-electron chi connectivity index (χ2n) is 6.52. The standard InChI is InChI=1S/C19H23N3O7S/c1-12-6-8-15(22(24)25)11-16(12)21(30(5,26)27)13(2)19(23)20-14-7-9-17(28-3)18(10-14)29-4/h6-11,13H,1-5H3,(H,20,23)/t13-/m1/s1. The maximum Gasteiger partial charge on any atom is 0.271 e. The highest BCUT2D eigenvalue weighted by Gasteiger charge is 2.31. The minimum absolute atomic E-state index is 0.0571. The van der Waals surface area contributed by atoms with Crippen molar-refractivity contribution in [3.63, 3.8) is 0 Å². The summed E-state index contributed by atoms with van der Waals surface area (Å²) in [7, 11) is -1.02. The number of carbonyl (C=O) groups is 1. The van der Waals surface area contributed by atoms with E-state index in [1.165, 1.54) is 39.3 Å². The Morgan fingerprint density at radius 3 is 2.30 bits per heavy atom. The first-order valence-electron chi connectivity index (χ1n) is 8.77. The predicted molar refractivity (Wildman–Crippen MR) is 113 cm³/mol. The van der Waals surface area contributed by atoms with Crippen molar-refractivity contribution in [2.75, 3.05) is 30.1 Å². The molecule has 2 aromatic carbocycles. The first-order valence-corrected chi connectivity index (χ1v) is 10.6. The van der Waals surface area contributed by atoms with E-state index in [2.05, 4.69) is 5.32 Å². The van der Waals surface area contributed by atoms with Gasteiger partial charge in [0.1, 0.15) is 6.04 Å². The molecule has 162 valence electrons. The summed E-state index contributed by atoms with van der Waals surface area (Å²) in [5, 5.41) is 13.8. The summed E-state index contributed by atoms with van der Waals surface area (Å²) in [5.41, 5.74) is 0.615. The van der Waals surface area contributed by atoms with E-state index < -0.39 is 26.9 Å². The van der Waals surface area contributed by atoms with Gasteiger partial charge in [-0.1, -0.05) is 6.07 Å². The lowest BCUT2D eigenvalue weighted by molar-refractivity contribution is -0.384. The van der Waals surface area contributed by atoms with Crippen molar-refractivity contribution in [3.8, 4) is 11.5 Å². The number of methoxy groups -OCH3 is 2. The van der Waals surface area contributed by atoms with Crippen LogP contribution < -0.4 is 19.1 Å². The van der Waals surface area contributed by atoms with Gasteiger partial charge in [0, 0.05) is 23.9 Å². The molecular formula is C19H23N3O7S. The fraction of sp³-hybridized carbons (Fsp3) is 0.316. The molecular weight excluding hydrogens is 414 g/mol. The normalized spacial score (nSPS) is 12.0. The van der Waals surface area contributed by atoms with Gasteiger partial charge in [0.05, 0.1) is 31.1 Å². The highest BCUT2D eigenvalue weighted by atomic mass is 32.2. The number of carbonyl (C=O) groups excluding carboxylic acids is 1. The topological polar surface area (TPSA) is 128 Å². The molecule has 2 rings (SSSR count). The summed E-state index contributed by atoms with van der Waals surface area (Å²) in [6.07, 6.45) is 0.936. The number of hydrogen-bond donors (Lipinski definition) is 1. The second kappa shape index (κ2) is 8.99. The maximum atomic E-state index is 12.8. The van der Waals surface area contributed by atoms with E-state index in [9.17, 15) is 23.3 Å². The maximum absolute atomic E-state index is 12.8. The zero-order valence-electron chi connectivity index (χ0n) is 17.2. The fourth-order valence-corrected chi connectivity index (χ4v) is 4.11. The van der Waals surface area contributed by atoms with E-state index in [0.717, 1.165) is 16.6 Å². The number of anilines is 2. The molecule has 0 unspecified atom stereocenters. The van der Waals surface area contributed by atoms with E-state index in [-0.39, 0.29) is 11.4 Å². The summed E-state index contributed by atoms with van der Waals surface area (Å²) < 4.78 is 36.2. The Bertz CT molecular complexity index is 1070. The van der Waals surface area contributed by atoms with E-state index in [1.807, 2.05) is 0 Å². The molecule has 0 fully saturated rings. The van der Waals surface area contributed by atoms with Gasteiger partial charge < -0.3 is 14.8 Å². The van der Waals surface area contributed by atoms with Crippen LogP contribution >= 0.6 is 0 Å². The van der Waals surface area contributed by atoms with Crippen molar-refractivity contribution in [1.29, 1.82) is 0 Å². The van der Waals surface area contributed by atoms with Gasteiger partial charge in [-0.3, -0.25) is 19.2 Å². The number of non-ortho nitro benzene ring substituents is 1. The number of nitrogens with zero attached hydrogens (tertiary/aromatic N) is 2. The van der Waals surface area contributed by atoms with E-state index in [1.54, 1.807) is 19.1 Å². The van der Waals surface area contributed by atoms with E-state index >= 15 is 0 Å². The average molecular weight is 437 g/mol. The van der Waals surface area contributed by atoms with Crippen molar-refractivity contribution in [2.24, 2.45) is 0 Å². The van der Waals surface area contributed by atoms with Crippen LogP contribution in [0.4, 0.5) is 17.1 Å². The number of ether oxygens (including phenoxy) is 2. The molecule has 0 radical (unpaired) electrons. The molecule has 0 saturated heterocycles. The van der Waals surface area contributed by atoms with Crippen LogP contribution in [0.5, 0.6) is 11.5 Å². The van der Waals surface area contributed by atoms with Crippen molar-refractivity contribution in [3.05, 3.63) is 52.1 Å². The summed E-state index contributed by atoms with van der Waals surface area (Å²) in [4.78, 5) is 23.3. The van der Waals surface area contributed by atoms with E-state index in [0.29, 0.717) is 22.7 Å². The minimum Gasteiger partial charge on any atom is -0.493 e. The molecule has 2 aromatic rings. The molecule has 0 bridgehead atoms. The molecule has 0 aliphatic heterocycles. The van der Waals surface area contributed by atoms with Gasteiger partial charge in [-0.25, -0.2) is 8.42 Å². The SMILES string of the molecule is COc1ccc(NC(=O)[C@@H](C)N(c2cc([N+](=O)[O-])ccc2C)S(C)(=O)=O)cc1OC. The van der Waals surface area contributed by atoms with E-state index in [4.69, 9.17) is 9.47 Å². The van der Waals surface area contributed by atoms with Gasteiger partial charge in [-0.2, -0.15) is 0 Å². The minimum atomic E-state index is -3.94. The van der Waals surface area contributed by atoms with Crippen LogP contribution in [0.15, 0.2) is 36.4 Å². The molecule has 0 saturated carbocycles. The Labute approximate surface area is 174 Å². The van der Waals surface area contributed by atoms with Gasteiger partial charge in [0.2, 0.25) is 15.9 Å². The monoisotopic (exact) mass is 437 g/mol. The van der Waals surface area contributed by atoms with Crippen LogP contribution in [0.2, 0.25) is 0 Å². The number of amides is 1. The Morgan fingerprint density at radius 1 is 1.13 bits per heavy atom. The van der Waals surface area contributed by atoms with Gasteiger partial charge in [0.25, 0.3) is 5.69 Å². The first kappa shape index (κ1) is 22.9. The molecule has 0 aliphatic rings. The Kier molecular flexibility index (Phi) is 6.88. The number of sulfonamides is 1. The zero-order chi connectivity index (χ0) is 22.6. The average Bonchev–Trinajstić information content (AvgIpc) is 2.68. The molecule has 0 spiro atoms. The lowest BCUT2D eigenvalue weighted by atomic mass is 10.1. The number of benzene rings is 2. The summed E-state index contributed by atoms with van der Waals surface area (Å²) in [6.45, 7) is 3.01. The number of aryl methyl sites for hydroxylation is 1. The Balaban J connectivity index is 2.41. The summed E-state index contributed by atoms with van der Waals surface area (Å²) in [5.74, 6) is 0.226.